The summed E-state index contributed by atoms with van der Waals surface area (Å²) < 4.78 is 0. The third-order valence-electron chi connectivity index (χ3n) is 4.20. The molecule has 114 valence electrons. The first-order valence-electron chi connectivity index (χ1n) is 7.69. The van der Waals surface area contributed by atoms with Crippen molar-refractivity contribution in [3.63, 3.8) is 0 Å². The third kappa shape index (κ3) is 4.59. The highest BCUT2D eigenvalue weighted by molar-refractivity contribution is 7.07. The van der Waals surface area contributed by atoms with Crippen molar-refractivity contribution in [2.45, 2.75) is 38.6 Å². The van der Waals surface area contributed by atoms with Gasteiger partial charge in [-0.2, -0.15) is 11.3 Å². The van der Waals surface area contributed by atoms with Gasteiger partial charge in [-0.25, -0.2) is 0 Å². The molecule has 0 aliphatic carbocycles. The highest BCUT2D eigenvalue weighted by Crippen LogP contribution is 2.23. The fourth-order valence-corrected chi connectivity index (χ4v) is 3.49. The van der Waals surface area contributed by atoms with Crippen LogP contribution in [0.3, 0.4) is 0 Å². The summed E-state index contributed by atoms with van der Waals surface area (Å²) in [6.07, 6.45) is 8.51. The molecule has 2 rings (SSSR count). The van der Waals surface area contributed by atoms with E-state index in [1.165, 1.54) is 5.56 Å². The van der Waals surface area contributed by atoms with E-state index in [0.29, 0.717) is 12.5 Å². The molecule has 0 unspecified atom stereocenters. The van der Waals surface area contributed by atoms with Gasteiger partial charge in [0.05, 0.1) is 0 Å². The second kappa shape index (κ2) is 8.21. The zero-order valence-electron chi connectivity index (χ0n) is 12.8. The van der Waals surface area contributed by atoms with Crippen molar-refractivity contribution in [3.8, 4) is 12.3 Å². The normalized spacial score (nSPS) is 17.4. The molecule has 0 saturated carbocycles. The van der Waals surface area contributed by atoms with Crippen LogP contribution in [-0.4, -0.2) is 41.9 Å². The van der Waals surface area contributed by atoms with E-state index in [4.69, 9.17) is 6.42 Å². The van der Waals surface area contributed by atoms with Crippen molar-refractivity contribution < 1.29 is 4.79 Å². The fraction of sp³-hybridized carbons (Fsp3) is 0.588. The van der Waals surface area contributed by atoms with E-state index in [2.05, 4.69) is 34.6 Å². The van der Waals surface area contributed by atoms with E-state index < -0.39 is 0 Å². The first-order chi connectivity index (χ1) is 10.2. The van der Waals surface area contributed by atoms with Gasteiger partial charge in [-0.15, -0.1) is 12.3 Å². The molecule has 1 aromatic rings. The molecule has 3 nitrogen and oxygen atoms in total. The molecule has 4 heteroatoms. The second-order valence-corrected chi connectivity index (χ2v) is 6.34. The van der Waals surface area contributed by atoms with Gasteiger partial charge in [0.25, 0.3) is 0 Å². The zero-order chi connectivity index (χ0) is 15.1. The van der Waals surface area contributed by atoms with Crippen LogP contribution >= 0.6 is 11.3 Å². The highest BCUT2D eigenvalue weighted by Gasteiger charge is 2.24. The maximum absolute atomic E-state index is 12.1. The van der Waals surface area contributed by atoms with Gasteiger partial charge in [-0.05, 0) is 42.2 Å². The molecule has 2 heterocycles. The minimum Gasteiger partial charge on any atom is -0.340 e. The molecule has 1 aliphatic rings. The number of carbonyl (C=O) groups excluding carboxylic acids is 1. The van der Waals surface area contributed by atoms with E-state index in [1.54, 1.807) is 11.3 Å². The van der Waals surface area contributed by atoms with Crippen LogP contribution in [0.4, 0.5) is 0 Å². The van der Waals surface area contributed by atoms with Crippen LogP contribution in [0.2, 0.25) is 0 Å². The van der Waals surface area contributed by atoms with Gasteiger partial charge >= 0.3 is 0 Å². The Balaban J connectivity index is 1.73. The van der Waals surface area contributed by atoms with Crippen molar-refractivity contribution in [1.29, 1.82) is 0 Å². The molecule has 1 saturated heterocycles. The Kier molecular flexibility index (Phi) is 6.28. The number of nitrogens with zero attached hydrogens (tertiary/aromatic N) is 2. The van der Waals surface area contributed by atoms with E-state index >= 15 is 0 Å². The number of terminal acetylenes is 1. The smallest absolute Gasteiger partial charge is 0.222 e. The third-order valence-corrected chi connectivity index (χ3v) is 4.90. The summed E-state index contributed by atoms with van der Waals surface area (Å²) in [5, 5.41) is 4.34. The van der Waals surface area contributed by atoms with Gasteiger partial charge in [0.2, 0.25) is 5.91 Å². The molecule has 0 aromatic carbocycles. The number of hydrogen-bond acceptors (Lipinski definition) is 3. The van der Waals surface area contributed by atoms with Crippen molar-refractivity contribution >= 4 is 17.2 Å². The number of thiophene rings is 1. The summed E-state index contributed by atoms with van der Waals surface area (Å²) in [5.41, 5.74) is 1.38. The molecule has 1 amide bonds. The molecule has 1 aliphatic heterocycles. The highest BCUT2D eigenvalue weighted by atomic mass is 32.1. The number of amides is 1. The van der Waals surface area contributed by atoms with Crippen molar-refractivity contribution in [3.05, 3.63) is 22.4 Å². The fourth-order valence-electron chi connectivity index (χ4n) is 2.74. The molecule has 1 fully saturated rings. The quantitative estimate of drug-likeness (QED) is 0.595. The molecular weight excluding hydrogens is 280 g/mol. The molecule has 0 bridgehead atoms. The SMILES string of the molecule is C#CCCCCC(=O)N1CCN([C@H](C)c2ccsc2)CC1. The monoisotopic (exact) mass is 304 g/mol. The Hall–Kier alpha value is -1.31. The minimum absolute atomic E-state index is 0.287. The molecular formula is C17H24N2OS. The van der Waals surface area contributed by atoms with Crippen LogP contribution in [0.15, 0.2) is 16.8 Å². The lowest BCUT2D eigenvalue weighted by Gasteiger charge is -2.38. The Morgan fingerprint density at radius 3 is 2.76 bits per heavy atom. The molecule has 1 atom stereocenters. The predicted octanol–water partition coefficient (Wildman–Crippen LogP) is 3.15. The Morgan fingerprint density at radius 2 is 2.14 bits per heavy atom. The number of carbonyl (C=O) groups is 1. The summed E-state index contributed by atoms with van der Waals surface area (Å²) in [5.74, 6) is 2.91. The van der Waals surface area contributed by atoms with Crippen LogP contribution in [-0.2, 0) is 4.79 Å². The summed E-state index contributed by atoms with van der Waals surface area (Å²) in [7, 11) is 0. The van der Waals surface area contributed by atoms with Gasteiger partial charge < -0.3 is 4.90 Å². The van der Waals surface area contributed by atoms with Gasteiger partial charge in [-0.1, -0.05) is 0 Å². The minimum atomic E-state index is 0.287. The van der Waals surface area contributed by atoms with E-state index in [-0.39, 0.29) is 5.91 Å². The largest absolute Gasteiger partial charge is 0.340 e. The first kappa shape index (κ1) is 16.1. The van der Waals surface area contributed by atoms with Gasteiger partial charge in [-0.3, -0.25) is 9.69 Å². The van der Waals surface area contributed by atoms with Crippen LogP contribution < -0.4 is 0 Å². The van der Waals surface area contributed by atoms with Gasteiger partial charge in [0.1, 0.15) is 0 Å². The summed E-state index contributed by atoms with van der Waals surface area (Å²) in [6.45, 7) is 5.88. The number of hydrogen-bond donors (Lipinski definition) is 0. The van der Waals surface area contributed by atoms with Crippen molar-refractivity contribution in [2.75, 3.05) is 26.2 Å². The maximum Gasteiger partial charge on any atom is 0.222 e. The summed E-state index contributed by atoms with van der Waals surface area (Å²) in [6, 6.07) is 2.64. The van der Waals surface area contributed by atoms with Crippen molar-refractivity contribution in [2.24, 2.45) is 0 Å². The molecule has 0 radical (unpaired) electrons. The van der Waals surface area contributed by atoms with Crippen LogP contribution in [0, 0.1) is 12.3 Å². The first-order valence-corrected chi connectivity index (χ1v) is 8.64. The molecule has 21 heavy (non-hydrogen) atoms. The standard InChI is InChI=1S/C17H24N2OS/c1-3-4-5-6-7-17(20)19-11-9-18(10-12-19)15(2)16-8-13-21-14-16/h1,8,13-15H,4-7,9-12H2,2H3/t15-/m1/s1. The maximum atomic E-state index is 12.1. The van der Waals surface area contributed by atoms with E-state index in [9.17, 15) is 4.79 Å². The predicted molar refractivity (Wildman–Crippen MR) is 88.2 cm³/mol. The lowest BCUT2D eigenvalue weighted by molar-refractivity contribution is -0.133. The van der Waals surface area contributed by atoms with Crippen LogP contribution in [0.1, 0.15) is 44.2 Å². The lowest BCUT2D eigenvalue weighted by Crippen LogP contribution is -2.49. The Bertz CT molecular complexity index is 469. The van der Waals surface area contributed by atoms with E-state index in [1.807, 2.05) is 4.90 Å². The lowest BCUT2D eigenvalue weighted by atomic mass is 10.1. The zero-order valence-corrected chi connectivity index (χ0v) is 13.6. The Morgan fingerprint density at radius 1 is 1.38 bits per heavy atom. The number of piperazine rings is 1. The molecule has 1 aromatic heterocycles. The average molecular weight is 304 g/mol. The molecule has 0 spiro atoms. The van der Waals surface area contributed by atoms with Gasteiger partial charge in [0.15, 0.2) is 0 Å². The van der Waals surface area contributed by atoms with E-state index in [0.717, 1.165) is 45.4 Å². The van der Waals surface area contributed by atoms with Crippen LogP contribution in [0.5, 0.6) is 0 Å². The van der Waals surface area contributed by atoms with Gasteiger partial charge in [0, 0.05) is 45.1 Å². The van der Waals surface area contributed by atoms with Crippen molar-refractivity contribution in [1.82, 2.24) is 9.80 Å². The number of rotatable bonds is 6. The summed E-state index contributed by atoms with van der Waals surface area (Å²) >= 11 is 1.75. The Labute approximate surface area is 131 Å². The van der Waals surface area contributed by atoms with Crippen LogP contribution in [0.25, 0.3) is 0 Å². The average Bonchev–Trinajstić information content (AvgIpc) is 3.05. The second-order valence-electron chi connectivity index (χ2n) is 5.56. The number of unbranched alkanes of at least 4 members (excludes halogenated alkanes) is 2. The molecule has 0 N–H and O–H groups in total. The topological polar surface area (TPSA) is 23.6 Å². The summed E-state index contributed by atoms with van der Waals surface area (Å²) in [4.78, 5) is 16.6.